The molecule has 1 nitrogen and oxygen atoms in total. The quantitative estimate of drug-likeness (QED) is 0.789. The van der Waals surface area contributed by atoms with Gasteiger partial charge in [-0.2, -0.15) is 0 Å². The smallest absolute Gasteiger partial charge is 0.0833 e. The van der Waals surface area contributed by atoms with Crippen molar-refractivity contribution in [2.75, 3.05) is 0 Å². The first-order valence-electron chi connectivity index (χ1n) is 6.62. The molecule has 0 saturated heterocycles. The average molecular weight is 332 g/mol. The largest absolute Gasteiger partial charge is 0.388 e. The summed E-state index contributed by atoms with van der Waals surface area (Å²) in [5, 5.41) is 11.2. The van der Waals surface area contributed by atoms with Crippen molar-refractivity contribution in [2.24, 2.45) is 17.8 Å². The van der Waals surface area contributed by atoms with Gasteiger partial charge in [-0.25, -0.2) is 0 Å². The Hall–Kier alpha value is -0.0500. The van der Waals surface area contributed by atoms with E-state index in [2.05, 4.69) is 29.8 Å². The summed E-state index contributed by atoms with van der Waals surface area (Å²) in [7, 11) is 0. The van der Waals surface area contributed by atoms with Crippen LogP contribution in [0.4, 0.5) is 0 Å². The van der Waals surface area contributed by atoms with Crippen molar-refractivity contribution in [1.29, 1.82) is 0 Å². The fourth-order valence-electron chi connectivity index (χ4n) is 2.88. The van der Waals surface area contributed by atoms with E-state index in [1.807, 2.05) is 18.2 Å². The molecule has 1 aliphatic rings. The normalized spacial score (nSPS) is 30.2. The van der Waals surface area contributed by atoms with Gasteiger partial charge in [0.1, 0.15) is 0 Å². The maximum Gasteiger partial charge on any atom is 0.0833 e. The lowest BCUT2D eigenvalue weighted by atomic mass is 9.73. The Morgan fingerprint density at radius 2 is 2.00 bits per heavy atom. The Morgan fingerprint density at radius 1 is 1.28 bits per heavy atom. The molecule has 0 bridgehead atoms. The van der Waals surface area contributed by atoms with E-state index >= 15 is 0 Å². The summed E-state index contributed by atoms with van der Waals surface area (Å²) in [6.07, 6.45) is 2.94. The van der Waals surface area contributed by atoms with Crippen LogP contribution in [0.3, 0.4) is 0 Å². The summed E-state index contributed by atoms with van der Waals surface area (Å²) in [6, 6.07) is 5.77. The zero-order valence-electron chi connectivity index (χ0n) is 10.9. The van der Waals surface area contributed by atoms with Crippen LogP contribution in [0.15, 0.2) is 22.7 Å². The Bertz CT molecular complexity index is 421. The highest BCUT2D eigenvalue weighted by Gasteiger charge is 2.30. The highest BCUT2D eigenvalue weighted by molar-refractivity contribution is 9.10. The summed E-state index contributed by atoms with van der Waals surface area (Å²) in [6.45, 7) is 4.59. The minimum absolute atomic E-state index is 0.336. The van der Waals surface area contributed by atoms with E-state index in [1.165, 1.54) is 6.42 Å². The number of halogens is 2. The molecule has 100 valence electrons. The molecule has 1 saturated carbocycles. The van der Waals surface area contributed by atoms with Gasteiger partial charge in [0, 0.05) is 10.0 Å². The molecule has 1 aliphatic carbocycles. The molecule has 4 unspecified atom stereocenters. The number of rotatable bonds is 2. The van der Waals surface area contributed by atoms with Gasteiger partial charge in [-0.3, -0.25) is 0 Å². The number of aliphatic hydroxyl groups is 1. The molecular formula is C15H20BrClO. The van der Waals surface area contributed by atoms with Crippen molar-refractivity contribution in [3.63, 3.8) is 0 Å². The van der Waals surface area contributed by atoms with Crippen molar-refractivity contribution in [2.45, 2.75) is 39.2 Å². The lowest BCUT2D eigenvalue weighted by Crippen LogP contribution is -2.25. The molecule has 0 aliphatic heterocycles. The van der Waals surface area contributed by atoms with Crippen LogP contribution in [0.5, 0.6) is 0 Å². The van der Waals surface area contributed by atoms with Crippen molar-refractivity contribution in [3.05, 3.63) is 33.3 Å². The number of hydrogen-bond acceptors (Lipinski definition) is 1. The third-order valence-electron chi connectivity index (χ3n) is 4.39. The van der Waals surface area contributed by atoms with Crippen LogP contribution in [0.2, 0.25) is 5.02 Å². The summed E-state index contributed by atoms with van der Waals surface area (Å²) < 4.78 is 0.859. The molecule has 0 spiro atoms. The third-order valence-corrected chi connectivity index (χ3v) is 5.70. The minimum Gasteiger partial charge on any atom is -0.388 e. The lowest BCUT2D eigenvalue weighted by Gasteiger charge is -2.35. The van der Waals surface area contributed by atoms with Crippen molar-refractivity contribution < 1.29 is 5.11 Å². The maximum atomic E-state index is 10.5. The Morgan fingerprint density at radius 3 is 2.67 bits per heavy atom. The molecule has 2 rings (SSSR count). The van der Waals surface area contributed by atoms with E-state index in [-0.39, 0.29) is 0 Å². The molecule has 0 aromatic heterocycles. The van der Waals surface area contributed by atoms with E-state index in [1.54, 1.807) is 0 Å². The van der Waals surface area contributed by atoms with Crippen LogP contribution in [0.25, 0.3) is 0 Å². The summed E-state index contributed by atoms with van der Waals surface area (Å²) >= 11 is 9.68. The van der Waals surface area contributed by atoms with Gasteiger partial charge in [0.15, 0.2) is 0 Å². The topological polar surface area (TPSA) is 20.2 Å². The summed E-state index contributed by atoms with van der Waals surface area (Å²) in [5.41, 5.74) is 0.859. The number of benzene rings is 1. The van der Waals surface area contributed by atoms with Gasteiger partial charge in [0.25, 0.3) is 0 Å². The van der Waals surface area contributed by atoms with Gasteiger partial charge in [0.2, 0.25) is 0 Å². The van der Waals surface area contributed by atoms with E-state index < -0.39 is 6.10 Å². The highest BCUT2D eigenvalue weighted by Crippen LogP contribution is 2.42. The standard InChI is InChI=1S/C15H20BrClO/c1-9-6-7-11(8-10(9)2)15(18)12-4-3-5-13(16)14(12)17/h3-5,9-11,15,18H,6-8H2,1-2H3. The van der Waals surface area contributed by atoms with Gasteiger partial charge in [-0.15, -0.1) is 0 Å². The zero-order chi connectivity index (χ0) is 13.3. The van der Waals surface area contributed by atoms with Gasteiger partial charge in [-0.1, -0.05) is 44.0 Å². The predicted molar refractivity (Wildman–Crippen MR) is 79.8 cm³/mol. The molecule has 4 atom stereocenters. The molecular weight excluding hydrogens is 312 g/mol. The first-order valence-corrected chi connectivity index (χ1v) is 7.79. The fourth-order valence-corrected chi connectivity index (χ4v) is 3.50. The predicted octanol–water partition coefficient (Wildman–Crippen LogP) is 5.21. The monoisotopic (exact) mass is 330 g/mol. The van der Waals surface area contributed by atoms with E-state index in [4.69, 9.17) is 11.6 Å². The maximum absolute atomic E-state index is 10.5. The molecule has 0 amide bonds. The molecule has 18 heavy (non-hydrogen) atoms. The third kappa shape index (κ3) is 2.92. The van der Waals surface area contributed by atoms with Crippen LogP contribution < -0.4 is 0 Å². The Balaban J connectivity index is 2.16. The second-order valence-corrected chi connectivity index (χ2v) is 6.85. The SMILES string of the molecule is CC1CCC(C(O)c2cccc(Br)c2Cl)CC1C. The van der Waals surface area contributed by atoms with Crippen LogP contribution in [-0.2, 0) is 0 Å². The summed E-state index contributed by atoms with van der Waals surface area (Å²) in [4.78, 5) is 0. The highest BCUT2D eigenvalue weighted by atomic mass is 79.9. The van der Waals surface area contributed by atoms with Gasteiger partial charge in [0.05, 0.1) is 11.1 Å². The molecule has 1 N–H and O–H groups in total. The van der Waals surface area contributed by atoms with E-state index in [9.17, 15) is 5.11 Å². The molecule has 3 heteroatoms. The molecule has 1 fully saturated rings. The Kier molecular flexibility index (Phi) is 4.74. The van der Waals surface area contributed by atoms with E-state index in [0.29, 0.717) is 16.9 Å². The molecule has 0 heterocycles. The first kappa shape index (κ1) is 14.4. The first-order chi connectivity index (χ1) is 8.50. The number of aliphatic hydroxyl groups excluding tert-OH is 1. The minimum atomic E-state index is -0.440. The van der Waals surface area contributed by atoms with Gasteiger partial charge in [-0.05, 0) is 52.6 Å². The lowest BCUT2D eigenvalue weighted by molar-refractivity contribution is 0.0561. The van der Waals surface area contributed by atoms with Crippen LogP contribution in [0.1, 0.15) is 44.8 Å². The fraction of sp³-hybridized carbons (Fsp3) is 0.600. The molecule has 0 radical (unpaired) electrons. The second kappa shape index (κ2) is 5.94. The van der Waals surface area contributed by atoms with Crippen LogP contribution in [0, 0.1) is 17.8 Å². The van der Waals surface area contributed by atoms with Gasteiger partial charge >= 0.3 is 0 Å². The summed E-state index contributed by atoms with van der Waals surface area (Å²) in [5.74, 6) is 1.79. The zero-order valence-corrected chi connectivity index (χ0v) is 13.2. The van der Waals surface area contributed by atoms with Gasteiger partial charge < -0.3 is 5.11 Å². The number of hydrogen-bond donors (Lipinski definition) is 1. The van der Waals surface area contributed by atoms with Crippen molar-refractivity contribution >= 4 is 27.5 Å². The van der Waals surface area contributed by atoms with Crippen LogP contribution in [-0.4, -0.2) is 5.11 Å². The van der Waals surface area contributed by atoms with Crippen LogP contribution >= 0.6 is 27.5 Å². The molecule has 1 aromatic rings. The second-order valence-electron chi connectivity index (χ2n) is 5.62. The average Bonchev–Trinajstić information content (AvgIpc) is 2.35. The molecule has 1 aromatic carbocycles. The van der Waals surface area contributed by atoms with Crippen molar-refractivity contribution in [1.82, 2.24) is 0 Å². The van der Waals surface area contributed by atoms with E-state index in [0.717, 1.165) is 28.8 Å². The van der Waals surface area contributed by atoms with Crippen molar-refractivity contribution in [3.8, 4) is 0 Å². The Labute approximate surface area is 123 Å².